The van der Waals surface area contributed by atoms with Gasteiger partial charge < -0.3 is 14.2 Å². The molecule has 1 aromatic carbocycles. The summed E-state index contributed by atoms with van der Waals surface area (Å²) in [5, 5.41) is 4.05. The van der Waals surface area contributed by atoms with Gasteiger partial charge in [0.1, 0.15) is 11.8 Å². The second kappa shape index (κ2) is 6.17. The fourth-order valence-electron chi connectivity index (χ4n) is 2.79. The zero-order chi connectivity index (χ0) is 15.5. The quantitative estimate of drug-likeness (QED) is 0.872. The monoisotopic (exact) mass is 301 g/mol. The number of ether oxygens (including phenoxy) is 1. The van der Waals surface area contributed by atoms with Gasteiger partial charge in [-0.3, -0.25) is 4.79 Å². The maximum absolute atomic E-state index is 11.8. The molecule has 1 fully saturated rings. The number of benzene rings is 1. The molecule has 0 bridgehead atoms. The fourth-order valence-corrected chi connectivity index (χ4v) is 2.79. The van der Waals surface area contributed by atoms with Crippen LogP contribution in [0.1, 0.15) is 38.1 Å². The Kier molecular flexibility index (Phi) is 4.09. The third kappa shape index (κ3) is 2.81. The molecule has 116 valence electrons. The van der Waals surface area contributed by atoms with Crippen molar-refractivity contribution >= 4 is 5.91 Å². The van der Waals surface area contributed by atoms with Crippen LogP contribution in [-0.2, 0) is 4.79 Å². The predicted molar refractivity (Wildman–Crippen MR) is 80.3 cm³/mol. The Hall–Kier alpha value is -2.37. The lowest BCUT2D eigenvalue weighted by molar-refractivity contribution is -0.133. The van der Waals surface area contributed by atoms with Crippen LogP contribution in [0.4, 0.5) is 0 Å². The number of aromatic nitrogens is 2. The molecule has 0 radical (unpaired) electrons. The molecule has 0 spiro atoms. The van der Waals surface area contributed by atoms with Gasteiger partial charge in [-0.2, -0.15) is 4.98 Å². The van der Waals surface area contributed by atoms with Gasteiger partial charge in [-0.15, -0.1) is 0 Å². The molecule has 22 heavy (non-hydrogen) atoms. The van der Waals surface area contributed by atoms with Crippen LogP contribution >= 0.6 is 0 Å². The third-order valence-corrected chi connectivity index (χ3v) is 3.98. The van der Waals surface area contributed by atoms with E-state index in [4.69, 9.17) is 9.26 Å². The van der Waals surface area contributed by atoms with E-state index < -0.39 is 0 Å². The van der Waals surface area contributed by atoms with Gasteiger partial charge in [0.05, 0.1) is 7.11 Å². The van der Waals surface area contributed by atoms with Crippen molar-refractivity contribution in [3.8, 4) is 17.1 Å². The molecule has 1 aromatic heterocycles. The first-order valence-electron chi connectivity index (χ1n) is 7.44. The second-order valence-electron chi connectivity index (χ2n) is 5.41. The number of methoxy groups -OCH3 is 1. The van der Waals surface area contributed by atoms with Gasteiger partial charge >= 0.3 is 0 Å². The maximum Gasteiger partial charge on any atom is 0.249 e. The Balaban J connectivity index is 1.84. The number of amides is 1. The number of carbonyl (C=O) groups is 1. The smallest absolute Gasteiger partial charge is 0.249 e. The van der Waals surface area contributed by atoms with Crippen molar-refractivity contribution in [2.75, 3.05) is 13.7 Å². The number of rotatable bonds is 3. The number of hydrogen-bond acceptors (Lipinski definition) is 5. The first-order chi connectivity index (χ1) is 10.7. The van der Waals surface area contributed by atoms with Crippen LogP contribution in [0, 0.1) is 0 Å². The molecule has 1 amide bonds. The summed E-state index contributed by atoms with van der Waals surface area (Å²) in [6.07, 6.45) is 2.95. The van der Waals surface area contributed by atoms with Crippen LogP contribution < -0.4 is 4.74 Å². The van der Waals surface area contributed by atoms with Crippen LogP contribution in [0.15, 0.2) is 28.8 Å². The summed E-state index contributed by atoms with van der Waals surface area (Å²) in [5.74, 6) is 1.88. The number of likely N-dealkylation sites (tertiary alicyclic amines) is 1. The molecule has 1 atom stereocenters. The summed E-state index contributed by atoms with van der Waals surface area (Å²) < 4.78 is 10.5. The Morgan fingerprint density at radius 2 is 2.09 bits per heavy atom. The van der Waals surface area contributed by atoms with Crippen molar-refractivity contribution in [3.63, 3.8) is 0 Å². The largest absolute Gasteiger partial charge is 0.497 e. The Morgan fingerprint density at radius 1 is 1.32 bits per heavy atom. The topological polar surface area (TPSA) is 68.5 Å². The van der Waals surface area contributed by atoms with Gasteiger partial charge in [-0.25, -0.2) is 0 Å². The molecule has 6 heteroatoms. The van der Waals surface area contributed by atoms with Crippen molar-refractivity contribution in [3.05, 3.63) is 30.2 Å². The number of carbonyl (C=O) groups excluding carboxylic acids is 1. The summed E-state index contributed by atoms with van der Waals surface area (Å²) in [5.41, 5.74) is 0.862. The van der Waals surface area contributed by atoms with Crippen LogP contribution in [-0.4, -0.2) is 34.6 Å². The normalized spacial score (nSPS) is 18.3. The number of piperidine rings is 1. The van der Waals surface area contributed by atoms with Crippen LogP contribution in [0.5, 0.6) is 5.75 Å². The van der Waals surface area contributed by atoms with Crippen LogP contribution in [0.3, 0.4) is 0 Å². The molecule has 2 aromatic rings. The Morgan fingerprint density at radius 3 is 2.77 bits per heavy atom. The summed E-state index contributed by atoms with van der Waals surface area (Å²) in [7, 11) is 1.63. The van der Waals surface area contributed by atoms with Crippen molar-refractivity contribution in [1.29, 1.82) is 0 Å². The summed E-state index contributed by atoms with van der Waals surface area (Å²) in [4.78, 5) is 18.0. The lowest BCUT2D eigenvalue weighted by Crippen LogP contribution is -2.37. The van der Waals surface area contributed by atoms with Crippen molar-refractivity contribution in [2.45, 2.75) is 32.2 Å². The molecular formula is C16H19N3O3. The van der Waals surface area contributed by atoms with Gasteiger partial charge in [-0.1, -0.05) is 5.16 Å². The van der Waals surface area contributed by atoms with Crippen molar-refractivity contribution in [1.82, 2.24) is 15.0 Å². The minimum Gasteiger partial charge on any atom is -0.497 e. The average Bonchev–Trinajstić information content (AvgIpc) is 3.04. The zero-order valence-corrected chi connectivity index (χ0v) is 12.8. The van der Waals surface area contributed by atoms with E-state index >= 15 is 0 Å². The van der Waals surface area contributed by atoms with Gasteiger partial charge in [0, 0.05) is 19.0 Å². The first kappa shape index (κ1) is 14.6. The van der Waals surface area contributed by atoms with E-state index in [1.807, 2.05) is 29.2 Å². The molecule has 6 nitrogen and oxygen atoms in total. The number of nitrogens with zero attached hydrogens (tertiary/aromatic N) is 3. The third-order valence-electron chi connectivity index (χ3n) is 3.98. The molecule has 0 aliphatic carbocycles. The molecule has 0 saturated carbocycles. The van der Waals surface area contributed by atoms with E-state index in [9.17, 15) is 4.79 Å². The fraction of sp³-hybridized carbons (Fsp3) is 0.438. The standard InChI is InChI=1S/C16H19N3O3/c1-11(20)19-10-4-3-5-14(19)16-17-15(18-22-16)12-6-8-13(21-2)9-7-12/h6-9,14H,3-5,10H2,1-2H3. The Labute approximate surface area is 129 Å². The highest BCUT2D eigenvalue weighted by Crippen LogP contribution is 2.31. The highest BCUT2D eigenvalue weighted by molar-refractivity contribution is 5.73. The predicted octanol–water partition coefficient (Wildman–Crippen LogP) is 2.82. The highest BCUT2D eigenvalue weighted by Gasteiger charge is 2.30. The average molecular weight is 301 g/mol. The second-order valence-corrected chi connectivity index (χ2v) is 5.41. The van der Waals surface area contributed by atoms with Gasteiger partial charge in [0.15, 0.2) is 0 Å². The maximum atomic E-state index is 11.8. The van der Waals surface area contributed by atoms with Crippen LogP contribution in [0.25, 0.3) is 11.4 Å². The van der Waals surface area contributed by atoms with E-state index in [-0.39, 0.29) is 11.9 Å². The molecule has 3 rings (SSSR count). The Bertz CT molecular complexity index is 651. The molecule has 1 aliphatic heterocycles. The SMILES string of the molecule is COc1ccc(-c2noc(C3CCCCN3C(C)=O)n2)cc1. The molecular weight excluding hydrogens is 282 g/mol. The van der Waals surface area contributed by atoms with E-state index in [1.54, 1.807) is 14.0 Å². The minimum absolute atomic E-state index is 0.0499. The summed E-state index contributed by atoms with van der Waals surface area (Å²) in [6, 6.07) is 7.38. The van der Waals surface area contributed by atoms with Gasteiger partial charge in [0.25, 0.3) is 0 Å². The van der Waals surface area contributed by atoms with Gasteiger partial charge in [0.2, 0.25) is 17.6 Å². The lowest BCUT2D eigenvalue weighted by atomic mass is 10.0. The van der Waals surface area contributed by atoms with E-state index in [1.165, 1.54) is 0 Å². The minimum atomic E-state index is -0.106. The lowest BCUT2D eigenvalue weighted by Gasteiger charge is -2.32. The molecule has 1 aliphatic rings. The van der Waals surface area contributed by atoms with Crippen molar-refractivity contribution in [2.24, 2.45) is 0 Å². The van der Waals surface area contributed by atoms with E-state index in [2.05, 4.69) is 10.1 Å². The van der Waals surface area contributed by atoms with Crippen molar-refractivity contribution < 1.29 is 14.1 Å². The van der Waals surface area contributed by atoms with Crippen LogP contribution in [0.2, 0.25) is 0 Å². The molecule has 0 N–H and O–H groups in total. The molecule has 1 unspecified atom stereocenters. The van der Waals surface area contributed by atoms with E-state index in [0.717, 1.165) is 37.1 Å². The molecule has 2 heterocycles. The summed E-state index contributed by atoms with van der Waals surface area (Å²) >= 11 is 0. The zero-order valence-electron chi connectivity index (χ0n) is 12.8. The first-order valence-corrected chi connectivity index (χ1v) is 7.44. The van der Waals surface area contributed by atoms with E-state index in [0.29, 0.717) is 11.7 Å². The highest BCUT2D eigenvalue weighted by atomic mass is 16.5. The number of hydrogen-bond donors (Lipinski definition) is 0. The molecule has 1 saturated heterocycles. The van der Waals surface area contributed by atoms with Gasteiger partial charge in [-0.05, 0) is 43.5 Å². The summed E-state index contributed by atoms with van der Waals surface area (Å²) in [6.45, 7) is 2.33.